The summed E-state index contributed by atoms with van der Waals surface area (Å²) in [6.45, 7) is 5.89. The molecule has 4 nitrogen and oxygen atoms in total. The molecule has 0 spiro atoms. The van der Waals surface area contributed by atoms with Gasteiger partial charge in [-0.3, -0.25) is 0 Å². The first-order valence-corrected chi connectivity index (χ1v) is 8.28. The summed E-state index contributed by atoms with van der Waals surface area (Å²) in [5, 5.41) is 1.76. The molecule has 1 unspecified atom stereocenters. The Kier molecular flexibility index (Phi) is 5.77. The summed E-state index contributed by atoms with van der Waals surface area (Å²) >= 11 is 5.77. The standard InChI is InChI=1S/C14H21ClN2O2S/c1-11(2)14(3,10-16)17-20(18,19)9-8-12-4-6-13(15)7-5-12/h4-9,11,17H,10,16H2,1-3H3/b9-8+. The van der Waals surface area contributed by atoms with Crippen LogP contribution in [-0.4, -0.2) is 20.5 Å². The molecule has 0 aromatic heterocycles. The summed E-state index contributed by atoms with van der Waals surface area (Å²) in [6, 6.07) is 6.91. The summed E-state index contributed by atoms with van der Waals surface area (Å²) in [5.74, 6) is 0.0891. The predicted octanol–water partition coefficient (Wildman–Crippen LogP) is 2.60. The van der Waals surface area contributed by atoms with Gasteiger partial charge in [-0.05, 0) is 36.6 Å². The van der Waals surface area contributed by atoms with Gasteiger partial charge in [0.1, 0.15) is 0 Å². The molecule has 0 aliphatic carbocycles. The normalized spacial score (nSPS) is 15.7. The van der Waals surface area contributed by atoms with E-state index >= 15 is 0 Å². The molecule has 0 saturated carbocycles. The van der Waals surface area contributed by atoms with Gasteiger partial charge in [-0.1, -0.05) is 37.6 Å². The number of hydrogen-bond donors (Lipinski definition) is 2. The van der Waals surface area contributed by atoms with E-state index in [4.69, 9.17) is 17.3 Å². The van der Waals surface area contributed by atoms with Crippen LogP contribution in [0.1, 0.15) is 26.3 Å². The summed E-state index contributed by atoms with van der Waals surface area (Å²) in [4.78, 5) is 0. The molecule has 1 rings (SSSR count). The number of sulfonamides is 1. The molecule has 0 aliphatic rings. The van der Waals surface area contributed by atoms with E-state index in [0.717, 1.165) is 11.0 Å². The molecule has 1 aromatic carbocycles. The number of hydrogen-bond acceptors (Lipinski definition) is 3. The zero-order valence-corrected chi connectivity index (χ0v) is 13.5. The Morgan fingerprint density at radius 1 is 1.35 bits per heavy atom. The van der Waals surface area contributed by atoms with Crippen molar-refractivity contribution in [2.75, 3.05) is 6.54 Å². The van der Waals surface area contributed by atoms with E-state index in [2.05, 4.69) is 4.72 Å². The van der Waals surface area contributed by atoms with Gasteiger partial charge in [0, 0.05) is 22.5 Å². The lowest BCUT2D eigenvalue weighted by atomic mass is 9.90. The van der Waals surface area contributed by atoms with Crippen LogP contribution in [0.3, 0.4) is 0 Å². The van der Waals surface area contributed by atoms with Gasteiger partial charge in [0.05, 0.1) is 0 Å². The largest absolute Gasteiger partial charge is 0.329 e. The summed E-state index contributed by atoms with van der Waals surface area (Å²) in [6.07, 6.45) is 1.52. The van der Waals surface area contributed by atoms with Crippen LogP contribution in [0.25, 0.3) is 6.08 Å². The van der Waals surface area contributed by atoms with E-state index in [0.29, 0.717) is 5.02 Å². The minimum absolute atomic E-state index is 0.0891. The van der Waals surface area contributed by atoms with Gasteiger partial charge in [0.15, 0.2) is 0 Å². The maximum absolute atomic E-state index is 12.1. The van der Waals surface area contributed by atoms with E-state index in [1.54, 1.807) is 31.2 Å². The van der Waals surface area contributed by atoms with Crippen LogP contribution < -0.4 is 10.5 Å². The Bertz CT molecular complexity index is 567. The van der Waals surface area contributed by atoms with Gasteiger partial charge in [0.2, 0.25) is 10.0 Å². The quantitative estimate of drug-likeness (QED) is 0.847. The molecule has 112 valence electrons. The number of halogens is 1. The van der Waals surface area contributed by atoms with Crippen LogP contribution in [0.2, 0.25) is 5.02 Å². The van der Waals surface area contributed by atoms with E-state index in [-0.39, 0.29) is 12.5 Å². The first-order valence-electron chi connectivity index (χ1n) is 6.36. The third-order valence-electron chi connectivity index (χ3n) is 3.38. The Labute approximate surface area is 126 Å². The lowest BCUT2D eigenvalue weighted by Crippen LogP contribution is -2.54. The maximum atomic E-state index is 12.1. The molecule has 20 heavy (non-hydrogen) atoms. The van der Waals surface area contributed by atoms with Crippen LogP contribution in [-0.2, 0) is 10.0 Å². The fraction of sp³-hybridized carbons (Fsp3) is 0.429. The number of nitrogens with one attached hydrogen (secondary N) is 1. The first-order chi connectivity index (χ1) is 9.18. The van der Waals surface area contributed by atoms with Gasteiger partial charge in [-0.25, -0.2) is 13.1 Å². The van der Waals surface area contributed by atoms with Crippen LogP contribution in [0.15, 0.2) is 29.7 Å². The van der Waals surface area contributed by atoms with Crippen molar-refractivity contribution in [1.29, 1.82) is 0 Å². The first kappa shape index (κ1) is 17.2. The molecular formula is C14H21ClN2O2S. The average Bonchev–Trinajstić information content (AvgIpc) is 2.37. The molecule has 0 aliphatic heterocycles. The highest BCUT2D eigenvalue weighted by atomic mass is 35.5. The Morgan fingerprint density at radius 3 is 2.35 bits per heavy atom. The van der Waals surface area contributed by atoms with E-state index in [1.807, 2.05) is 13.8 Å². The predicted molar refractivity (Wildman–Crippen MR) is 84.8 cm³/mol. The lowest BCUT2D eigenvalue weighted by Gasteiger charge is -2.32. The Morgan fingerprint density at radius 2 is 1.90 bits per heavy atom. The van der Waals surface area contributed by atoms with Crippen molar-refractivity contribution in [1.82, 2.24) is 4.72 Å². The molecule has 0 amide bonds. The van der Waals surface area contributed by atoms with Gasteiger partial charge in [-0.15, -0.1) is 0 Å². The van der Waals surface area contributed by atoms with Crippen LogP contribution in [0, 0.1) is 5.92 Å². The van der Waals surface area contributed by atoms with Crippen molar-refractivity contribution in [2.24, 2.45) is 11.7 Å². The molecule has 0 radical (unpaired) electrons. The van der Waals surface area contributed by atoms with Crippen LogP contribution in [0.5, 0.6) is 0 Å². The number of rotatable bonds is 6. The zero-order chi connectivity index (χ0) is 15.4. The van der Waals surface area contributed by atoms with Gasteiger partial charge in [-0.2, -0.15) is 0 Å². The van der Waals surface area contributed by atoms with E-state index < -0.39 is 15.6 Å². The zero-order valence-electron chi connectivity index (χ0n) is 11.9. The second kappa shape index (κ2) is 6.72. The summed E-state index contributed by atoms with van der Waals surface area (Å²) in [5.41, 5.74) is 5.77. The van der Waals surface area contributed by atoms with Crippen molar-refractivity contribution in [3.8, 4) is 0 Å². The Balaban J connectivity index is 2.87. The molecular weight excluding hydrogens is 296 g/mol. The van der Waals surface area contributed by atoms with Gasteiger partial charge in [0.25, 0.3) is 0 Å². The SMILES string of the molecule is CC(C)C(C)(CN)NS(=O)(=O)/C=C/c1ccc(Cl)cc1. The van der Waals surface area contributed by atoms with Crippen molar-refractivity contribution >= 4 is 27.7 Å². The van der Waals surface area contributed by atoms with Gasteiger partial charge >= 0.3 is 0 Å². The molecule has 3 N–H and O–H groups in total. The second-order valence-electron chi connectivity index (χ2n) is 5.28. The molecule has 0 saturated heterocycles. The summed E-state index contributed by atoms with van der Waals surface area (Å²) in [7, 11) is -3.55. The van der Waals surface area contributed by atoms with Crippen molar-refractivity contribution in [3.05, 3.63) is 40.3 Å². The number of benzene rings is 1. The smallest absolute Gasteiger partial charge is 0.234 e. The second-order valence-corrected chi connectivity index (χ2v) is 7.28. The molecule has 0 bridgehead atoms. The third-order valence-corrected chi connectivity index (χ3v) is 4.88. The molecule has 6 heteroatoms. The van der Waals surface area contributed by atoms with Crippen molar-refractivity contribution < 1.29 is 8.42 Å². The van der Waals surface area contributed by atoms with Crippen molar-refractivity contribution in [2.45, 2.75) is 26.3 Å². The average molecular weight is 317 g/mol. The molecule has 0 fully saturated rings. The minimum Gasteiger partial charge on any atom is -0.329 e. The number of nitrogens with two attached hydrogens (primary N) is 1. The monoisotopic (exact) mass is 316 g/mol. The molecule has 1 aromatic rings. The van der Waals surface area contributed by atoms with E-state index in [1.165, 1.54) is 6.08 Å². The van der Waals surface area contributed by atoms with Crippen LogP contribution in [0.4, 0.5) is 0 Å². The maximum Gasteiger partial charge on any atom is 0.234 e. The third kappa shape index (κ3) is 4.90. The van der Waals surface area contributed by atoms with Crippen LogP contribution >= 0.6 is 11.6 Å². The molecule has 1 atom stereocenters. The summed E-state index contributed by atoms with van der Waals surface area (Å²) < 4.78 is 26.8. The highest BCUT2D eigenvalue weighted by Gasteiger charge is 2.30. The van der Waals surface area contributed by atoms with E-state index in [9.17, 15) is 8.42 Å². The fourth-order valence-electron chi connectivity index (χ4n) is 1.50. The molecule has 0 heterocycles. The van der Waals surface area contributed by atoms with Crippen molar-refractivity contribution in [3.63, 3.8) is 0 Å². The lowest BCUT2D eigenvalue weighted by molar-refractivity contribution is 0.316. The van der Waals surface area contributed by atoms with Gasteiger partial charge < -0.3 is 5.73 Å². The minimum atomic E-state index is -3.55. The fourth-order valence-corrected chi connectivity index (χ4v) is 3.00. The topological polar surface area (TPSA) is 72.2 Å². The Hall–Kier alpha value is -0.880. The highest BCUT2D eigenvalue weighted by Crippen LogP contribution is 2.17. The highest BCUT2D eigenvalue weighted by molar-refractivity contribution is 7.92.